The van der Waals surface area contributed by atoms with Crippen molar-refractivity contribution in [1.29, 1.82) is 0 Å². The second-order valence-electron chi connectivity index (χ2n) is 11.4. The minimum atomic E-state index is -0.740. The lowest BCUT2D eigenvalue weighted by molar-refractivity contribution is -0.127. The highest BCUT2D eigenvalue weighted by atomic mass is 35.5. The maximum absolute atomic E-state index is 13.3. The number of hydrogen-bond acceptors (Lipinski definition) is 7. The summed E-state index contributed by atoms with van der Waals surface area (Å²) in [5, 5.41) is 9.82. The van der Waals surface area contributed by atoms with Crippen LogP contribution in [0.1, 0.15) is 48.3 Å². The molecule has 1 aromatic heterocycles. The van der Waals surface area contributed by atoms with Gasteiger partial charge in [-0.05, 0) is 42.2 Å². The molecule has 0 saturated carbocycles. The Morgan fingerprint density at radius 2 is 1.84 bits per heavy atom. The van der Waals surface area contributed by atoms with Crippen molar-refractivity contribution in [1.82, 2.24) is 15.2 Å². The SMILES string of the molecule is CC(C)[C@H](N)C(=O)N[C@@H](C)C(=O)Nc1ccc(COc2cc3c(c4cc(C(=O)N5CCOCC5)[nH]c24)[C@H](CCl)CN3)cc1. The van der Waals surface area contributed by atoms with E-state index < -0.39 is 12.1 Å². The zero-order valence-electron chi connectivity index (χ0n) is 24.7. The monoisotopic (exact) mass is 610 g/mol. The van der Waals surface area contributed by atoms with E-state index in [0.717, 1.165) is 34.3 Å². The number of aromatic amines is 1. The van der Waals surface area contributed by atoms with Gasteiger partial charge in [0.25, 0.3) is 5.91 Å². The number of rotatable bonds is 10. The first kappa shape index (κ1) is 30.7. The molecule has 230 valence electrons. The number of morpholine rings is 1. The molecule has 1 saturated heterocycles. The molecule has 0 bridgehead atoms. The van der Waals surface area contributed by atoms with Gasteiger partial charge in [0.05, 0.1) is 24.8 Å². The lowest BCUT2D eigenvalue weighted by Crippen LogP contribution is -2.50. The van der Waals surface area contributed by atoms with Gasteiger partial charge >= 0.3 is 0 Å². The quantitative estimate of drug-likeness (QED) is 0.221. The summed E-state index contributed by atoms with van der Waals surface area (Å²) in [6, 6.07) is 9.73. The first-order valence-electron chi connectivity index (χ1n) is 14.6. The van der Waals surface area contributed by atoms with Gasteiger partial charge in [0.2, 0.25) is 11.8 Å². The molecule has 3 heterocycles. The van der Waals surface area contributed by atoms with Gasteiger partial charge in [-0.25, -0.2) is 0 Å². The summed E-state index contributed by atoms with van der Waals surface area (Å²) in [7, 11) is 0. The summed E-state index contributed by atoms with van der Waals surface area (Å²) in [5.74, 6) is 0.409. The molecule has 2 aliphatic heterocycles. The molecule has 43 heavy (non-hydrogen) atoms. The van der Waals surface area contributed by atoms with Crippen molar-refractivity contribution in [2.45, 2.75) is 45.4 Å². The molecule has 3 aromatic rings. The Hall–Kier alpha value is -3.80. The van der Waals surface area contributed by atoms with Gasteiger partial charge in [-0.2, -0.15) is 0 Å². The van der Waals surface area contributed by atoms with E-state index in [1.54, 1.807) is 24.0 Å². The van der Waals surface area contributed by atoms with Crippen molar-refractivity contribution in [3.8, 4) is 5.75 Å². The molecule has 1 fully saturated rings. The summed E-state index contributed by atoms with van der Waals surface area (Å²) in [6.07, 6.45) is 0. The lowest BCUT2D eigenvalue weighted by Gasteiger charge is -2.26. The van der Waals surface area contributed by atoms with E-state index in [9.17, 15) is 14.4 Å². The third kappa shape index (κ3) is 6.74. The van der Waals surface area contributed by atoms with Gasteiger partial charge in [-0.1, -0.05) is 26.0 Å². The highest BCUT2D eigenvalue weighted by Crippen LogP contribution is 2.43. The average Bonchev–Trinajstić information content (AvgIpc) is 3.64. The number of aromatic nitrogens is 1. The van der Waals surface area contributed by atoms with Crippen LogP contribution >= 0.6 is 11.6 Å². The molecule has 0 aliphatic carbocycles. The Balaban J connectivity index is 1.28. The molecule has 3 amide bonds. The van der Waals surface area contributed by atoms with Crippen LogP contribution in [0.3, 0.4) is 0 Å². The maximum Gasteiger partial charge on any atom is 0.270 e. The number of carbonyl (C=O) groups excluding carboxylic acids is 3. The van der Waals surface area contributed by atoms with E-state index in [2.05, 4.69) is 20.9 Å². The number of nitrogens with one attached hydrogen (secondary N) is 4. The smallest absolute Gasteiger partial charge is 0.270 e. The molecule has 2 aromatic carbocycles. The first-order chi connectivity index (χ1) is 20.7. The Labute approximate surface area is 255 Å². The first-order valence-corrected chi connectivity index (χ1v) is 15.1. The second kappa shape index (κ2) is 13.2. The summed E-state index contributed by atoms with van der Waals surface area (Å²) in [5.41, 5.74) is 10.7. The highest BCUT2D eigenvalue weighted by molar-refractivity contribution is 6.19. The van der Waals surface area contributed by atoms with Crippen LogP contribution in [0.5, 0.6) is 5.75 Å². The fourth-order valence-corrected chi connectivity index (χ4v) is 5.54. The van der Waals surface area contributed by atoms with E-state index in [1.807, 2.05) is 38.1 Å². The van der Waals surface area contributed by atoms with Crippen LogP contribution < -0.4 is 26.4 Å². The Kier molecular flexibility index (Phi) is 9.43. The van der Waals surface area contributed by atoms with E-state index >= 15 is 0 Å². The summed E-state index contributed by atoms with van der Waals surface area (Å²) < 4.78 is 11.7. The van der Waals surface area contributed by atoms with Gasteiger partial charge in [0, 0.05) is 54.3 Å². The third-order valence-electron chi connectivity index (χ3n) is 7.97. The summed E-state index contributed by atoms with van der Waals surface area (Å²) in [4.78, 5) is 43.2. The van der Waals surface area contributed by atoms with Gasteiger partial charge in [-0.3, -0.25) is 14.4 Å². The summed E-state index contributed by atoms with van der Waals surface area (Å²) in [6.45, 7) is 8.47. The largest absolute Gasteiger partial charge is 0.487 e. The fraction of sp³-hybridized carbons (Fsp3) is 0.452. The number of benzene rings is 2. The number of halogens is 1. The second-order valence-corrected chi connectivity index (χ2v) is 11.7. The van der Waals surface area contributed by atoms with Crippen molar-refractivity contribution in [3.05, 3.63) is 53.2 Å². The van der Waals surface area contributed by atoms with E-state index in [1.165, 1.54) is 0 Å². The number of anilines is 2. The van der Waals surface area contributed by atoms with Gasteiger partial charge in [0.1, 0.15) is 24.1 Å². The van der Waals surface area contributed by atoms with Crippen LogP contribution in [0, 0.1) is 5.92 Å². The number of nitrogens with zero attached hydrogens (tertiary/aromatic N) is 1. The highest BCUT2D eigenvalue weighted by Gasteiger charge is 2.29. The Morgan fingerprint density at radius 1 is 1.12 bits per heavy atom. The molecule has 3 atom stereocenters. The number of fused-ring (bicyclic) bond motifs is 3. The minimum Gasteiger partial charge on any atom is -0.487 e. The number of hydrogen-bond donors (Lipinski definition) is 5. The maximum atomic E-state index is 13.3. The van der Waals surface area contributed by atoms with Crippen LogP contribution in [0.15, 0.2) is 36.4 Å². The molecular weight excluding hydrogens is 572 g/mol. The molecule has 11 nitrogen and oxygen atoms in total. The van der Waals surface area contributed by atoms with Crippen molar-refractivity contribution >= 4 is 51.6 Å². The predicted octanol–water partition coefficient (Wildman–Crippen LogP) is 3.39. The van der Waals surface area contributed by atoms with Gasteiger partial charge in [0.15, 0.2) is 0 Å². The molecule has 12 heteroatoms. The van der Waals surface area contributed by atoms with Crippen molar-refractivity contribution in [2.24, 2.45) is 11.7 Å². The van der Waals surface area contributed by atoms with Crippen LogP contribution in [-0.4, -0.2) is 78.4 Å². The zero-order valence-corrected chi connectivity index (χ0v) is 25.4. The number of H-pyrrole nitrogens is 1. The summed E-state index contributed by atoms with van der Waals surface area (Å²) >= 11 is 6.30. The molecule has 0 radical (unpaired) electrons. The normalized spacial score (nSPS) is 17.7. The minimum absolute atomic E-state index is 0.0339. The number of alkyl halides is 1. The number of nitrogens with two attached hydrogens (primary N) is 1. The van der Waals surface area contributed by atoms with Crippen LogP contribution in [0.2, 0.25) is 0 Å². The molecule has 0 unspecified atom stereocenters. The molecule has 0 spiro atoms. The Morgan fingerprint density at radius 3 is 2.51 bits per heavy atom. The van der Waals surface area contributed by atoms with E-state index in [0.29, 0.717) is 49.3 Å². The van der Waals surface area contributed by atoms with Crippen molar-refractivity contribution in [2.75, 3.05) is 49.4 Å². The van der Waals surface area contributed by atoms with Crippen LogP contribution in [-0.2, 0) is 20.9 Å². The number of ether oxygens (including phenoxy) is 2. The molecule has 2 aliphatic rings. The van der Waals surface area contributed by atoms with E-state index in [-0.39, 0.29) is 36.2 Å². The predicted molar refractivity (Wildman–Crippen MR) is 167 cm³/mol. The lowest BCUT2D eigenvalue weighted by atomic mass is 9.98. The fourth-order valence-electron chi connectivity index (χ4n) is 5.28. The standard InChI is InChI=1S/C31H39ClN6O5/c1-17(2)27(33)30(40)35-18(3)29(39)36-21-6-4-19(5-7-21)16-43-25-13-23-26(20(14-32)15-34-23)22-12-24(37-28(22)25)31(41)38-8-10-42-11-9-38/h4-7,12-13,17-18,20,27,34,37H,8-11,14-16,33H2,1-3H3,(H,35,40)(H,36,39)/t18-,20+,27-/m0/s1. The molecular formula is C31H39ClN6O5. The van der Waals surface area contributed by atoms with Crippen molar-refractivity contribution < 1.29 is 23.9 Å². The number of amides is 3. The Bertz CT molecular complexity index is 1480. The third-order valence-corrected chi connectivity index (χ3v) is 8.34. The van der Waals surface area contributed by atoms with Gasteiger partial charge < -0.3 is 41.0 Å². The van der Waals surface area contributed by atoms with E-state index in [4.69, 9.17) is 26.8 Å². The molecule has 6 N–H and O–H groups in total. The topological polar surface area (TPSA) is 151 Å². The van der Waals surface area contributed by atoms with Crippen LogP contribution in [0.4, 0.5) is 11.4 Å². The zero-order chi connectivity index (χ0) is 30.7. The number of carbonyl (C=O) groups is 3. The van der Waals surface area contributed by atoms with Gasteiger partial charge in [-0.15, -0.1) is 11.6 Å². The van der Waals surface area contributed by atoms with Crippen LogP contribution in [0.25, 0.3) is 10.9 Å². The average molecular weight is 611 g/mol. The molecule has 5 rings (SSSR count). The van der Waals surface area contributed by atoms with Crippen molar-refractivity contribution in [3.63, 3.8) is 0 Å².